The fourth-order valence-electron chi connectivity index (χ4n) is 2.30. The molecule has 0 aliphatic carbocycles. The summed E-state index contributed by atoms with van der Waals surface area (Å²) in [5.74, 6) is -1.15. The Labute approximate surface area is 176 Å². The van der Waals surface area contributed by atoms with Gasteiger partial charge in [-0.1, -0.05) is 17.8 Å². The lowest BCUT2D eigenvalue weighted by Crippen LogP contribution is -2.21. The van der Waals surface area contributed by atoms with Crippen molar-refractivity contribution in [3.05, 3.63) is 39.9 Å². The molecule has 0 saturated carbocycles. The lowest BCUT2D eigenvalue weighted by molar-refractivity contribution is -0.385. The first-order valence-corrected chi connectivity index (χ1v) is 9.98. The molecular formula is C18H21N5O6S. The van der Waals surface area contributed by atoms with E-state index in [9.17, 15) is 19.7 Å². The number of anilines is 1. The highest BCUT2D eigenvalue weighted by Gasteiger charge is 2.27. The summed E-state index contributed by atoms with van der Waals surface area (Å²) < 4.78 is 10.5. The number of esters is 1. The molecule has 0 bridgehead atoms. The molecule has 0 aliphatic rings. The number of carbonyl (C=O) groups excluding carboxylic acids is 2. The number of rotatable bonds is 9. The van der Waals surface area contributed by atoms with Crippen molar-refractivity contribution in [3.8, 4) is 11.6 Å². The Balaban J connectivity index is 2.42. The summed E-state index contributed by atoms with van der Waals surface area (Å²) in [5, 5.41) is 14.5. The summed E-state index contributed by atoms with van der Waals surface area (Å²) in [7, 11) is 3.22. The van der Waals surface area contributed by atoms with Gasteiger partial charge in [0.1, 0.15) is 12.3 Å². The van der Waals surface area contributed by atoms with Gasteiger partial charge < -0.3 is 19.7 Å². The van der Waals surface area contributed by atoms with Gasteiger partial charge in [-0.25, -0.2) is 0 Å². The lowest BCUT2D eigenvalue weighted by atomic mass is 10.2. The number of ether oxygens (including phenoxy) is 2. The molecule has 2 rings (SSSR count). The van der Waals surface area contributed by atoms with Gasteiger partial charge in [-0.2, -0.15) is 9.97 Å². The number of aromatic nitrogens is 2. The first-order chi connectivity index (χ1) is 14.3. The number of carbonyl (C=O) groups is 2. The molecule has 0 unspecified atom stereocenters. The highest BCUT2D eigenvalue weighted by molar-refractivity contribution is 7.98. The van der Waals surface area contributed by atoms with Crippen LogP contribution in [0.25, 0.3) is 0 Å². The number of hydrogen-bond acceptors (Lipinski definition) is 10. The lowest BCUT2D eigenvalue weighted by Gasteiger charge is -2.13. The molecule has 0 atom stereocenters. The summed E-state index contributed by atoms with van der Waals surface area (Å²) in [6.45, 7) is 1.52. The van der Waals surface area contributed by atoms with E-state index >= 15 is 0 Å². The predicted octanol–water partition coefficient (Wildman–Crippen LogP) is 2.58. The van der Waals surface area contributed by atoms with E-state index in [0.717, 1.165) is 11.8 Å². The number of nitrogens with one attached hydrogen (secondary N) is 1. The Bertz CT molecular complexity index is 953. The highest BCUT2D eigenvalue weighted by atomic mass is 32.2. The zero-order valence-electron chi connectivity index (χ0n) is 16.9. The molecule has 0 fully saturated rings. The first kappa shape index (κ1) is 22.9. The maximum Gasteiger partial charge on any atom is 0.373 e. The second kappa shape index (κ2) is 10.4. The van der Waals surface area contributed by atoms with Gasteiger partial charge in [0.05, 0.1) is 11.5 Å². The Kier molecular flexibility index (Phi) is 7.92. The molecule has 1 amide bonds. The molecule has 1 aromatic carbocycles. The topological polar surface area (TPSA) is 137 Å². The van der Waals surface area contributed by atoms with Gasteiger partial charge in [-0.05, 0) is 31.4 Å². The first-order valence-electron chi connectivity index (χ1n) is 8.76. The third-order valence-corrected chi connectivity index (χ3v) is 4.15. The maximum atomic E-state index is 12.2. The van der Waals surface area contributed by atoms with Crippen molar-refractivity contribution in [3.63, 3.8) is 0 Å². The molecule has 1 aromatic heterocycles. The number of hydrogen-bond donors (Lipinski definition) is 1. The van der Waals surface area contributed by atoms with Crippen molar-refractivity contribution in [1.82, 2.24) is 14.9 Å². The standard InChI is InChI=1S/C18H21N5O6S/c1-5-28-13(24)10-19-15-14(23(26)27)16(21-18(20-15)30-4)29-12-8-6-7-11(9-12)17(25)22(2)3/h6-9H,5,10H2,1-4H3,(H,19,20,21). The van der Waals surface area contributed by atoms with E-state index in [1.54, 1.807) is 45.5 Å². The molecule has 2 aromatic rings. The second-order valence-corrected chi connectivity index (χ2v) is 6.73. The summed E-state index contributed by atoms with van der Waals surface area (Å²) >= 11 is 1.14. The quantitative estimate of drug-likeness (QED) is 0.206. The van der Waals surface area contributed by atoms with Crippen LogP contribution in [-0.2, 0) is 9.53 Å². The van der Waals surface area contributed by atoms with E-state index in [4.69, 9.17) is 9.47 Å². The largest absolute Gasteiger partial charge is 0.465 e. The maximum absolute atomic E-state index is 12.2. The van der Waals surface area contributed by atoms with Gasteiger partial charge in [0.25, 0.3) is 5.91 Å². The number of thioether (sulfide) groups is 1. The van der Waals surface area contributed by atoms with Crippen LogP contribution in [0.2, 0.25) is 0 Å². The van der Waals surface area contributed by atoms with Crippen molar-refractivity contribution in [2.24, 2.45) is 0 Å². The summed E-state index contributed by atoms with van der Waals surface area (Å²) in [6, 6.07) is 6.19. The van der Waals surface area contributed by atoms with Crippen LogP contribution in [0, 0.1) is 10.1 Å². The molecular weight excluding hydrogens is 414 g/mol. The molecule has 0 spiro atoms. The van der Waals surface area contributed by atoms with Crippen LogP contribution in [0.5, 0.6) is 11.6 Å². The zero-order valence-corrected chi connectivity index (χ0v) is 17.7. The van der Waals surface area contributed by atoms with E-state index < -0.39 is 16.6 Å². The molecule has 1 N–H and O–H groups in total. The van der Waals surface area contributed by atoms with Crippen molar-refractivity contribution in [2.45, 2.75) is 12.1 Å². The third kappa shape index (κ3) is 5.80. The smallest absolute Gasteiger partial charge is 0.373 e. The SMILES string of the molecule is CCOC(=O)CNc1nc(SC)nc(Oc2cccc(C(=O)N(C)C)c2)c1[N+](=O)[O-]. The third-order valence-electron chi connectivity index (χ3n) is 3.60. The van der Waals surface area contributed by atoms with Crippen molar-refractivity contribution >= 4 is 35.1 Å². The van der Waals surface area contributed by atoms with E-state index in [1.807, 2.05) is 0 Å². The number of nitro groups is 1. The van der Waals surface area contributed by atoms with Crippen LogP contribution in [0.3, 0.4) is 0 Å². The molecule has 30 heavy (non-hydrogen) atoms. The van der Waals surface area contributed by atoms with Crippen LogP contribution in [0.4, 0.5) is 11.5 Å². The molecule has 11 nitrogen and oxygen atoms in total. The van der Waals surface area contributed by atoms with Gasteiger partial charge in [-0.15, -0.1) is 0 Å². The molecule has 0 radical (unpaired) electrons. The Morgan fingerprint density at radius 1 is 1.30 bits per heavy atom. The van der Waals surface area contributed by atoms with Gasteiger partial charge in [0.2, 0.25) is 5.82 Å². The summed E-state index contributed by atoms with van der Waals surface area (Å²) in [5.41, 5.74) is -0.193. The number of benzene rings is 1. The summed E-state index contributed by atoms with van der Waals surface area (Å²) in [6.07, 6.45) is 1.69. The fourth-order valence-corrected chi connectivity index (χ4v) is 2.65. The predicted molar refractivity (Wildman–Crippen MR) is 110 cm³/mol. The monoisotopic (exact) mass is 435 g/mol. The van der Waals surface area contributed by atoms with Crippen LogP contribution in [0.1, 0.15) is 17.3 Å². The van der Waals surface area contributed by atoms with Gasteiger partial charge in [0.15, 0.2) is 5.16 Å². The van der Waals surface area contributed by atoms with E-state index in [2.05, 4.69) is 15.3 Å². The van der Waals surface area contributed by atoms with Gasteiger partial charge in [0, 0.05) is 19.7 Å². The van der Waals surface area contributed by atoms with Crippen LogP contribution < -0.4 is 10.1 Å². The van der Waals surface area contributed by atoms with Crippen LogP contribution in [-0.4, -0.2) is 65.2 Å². The second-order valence-electron chi connectivity index (χ2n) is 5.96. The van der Waals surface area contributed by atoms with E-state index in [0.29, 0.717) is 5.56 Å². The van der Waals surface area contributed by atoms with Crippen molar-refractivity contribution in [2.75, 3.05) is 38.8 Å². The molecule has 0 saturated heterocycles. The molecule has 160 valence electrons. The Morgan fingerprint density at radius 3 is 2.63 bits per heavy atom. The normalized spacial score (nSPS) is 10.3. The Hall–Kier alpha value is -3.41. The van der Waals surface area contributed by atoms with Crippen LogP contribution >= 0.6 is 11.8 Å². The molecule has 0 aliphatic heterocycles. The van der Waals surface area contributed by atoms with Crippen molar-refractivity contribution in [1.29, 1.82) is 0 Å². The summed E-state index contributed by atoms with van der Waals surface area (Å²) in [4.78, 5) is 44.3. The zero-order chi connectivity index (χ0) is 22.3. The minimum Gasteiger partial charge on any atom is -0.465 e. The average Bonchev–Trinajstić information content (AvgIpc) is 2.71. The average molecular weight is 435 g/mol. The van der Waals surface area contributed by atoms with Crippen LogP contribution in [0.15, 0.2) is 29.4 Å². The van der Waals surface area contributed by atoms with E-state index in [-0.39, 0.29) is 41.7 Å². The highest BCUT2D eigenvalue weighted by Crippen LogP contribution is 2.36. The van der Waals surface area contributed by atoms with Crippen molar-refractivity contribution < 1.29 is 24.0 Å². The minimum absolute atomic E-state index is 0.178. The fraction of sp³-hybridized carbons (Fsp3) is 0.333. The van der Waals surface area contributed by atoms with Gasteiger partial charge in [-0.3, -0.25) is 19.7 Å². The number of nitrogens with zero attached hydrogens (tertiary/aromatic N) is 4. The Morgan fingerprint density at radius 2 is 2.03 bits per heavy atom. The van der Waals surface area contributed by atoms with E-state index in [1.165, 1.54) is 11.0 Å². The van der Waals surface area contributed by atoms with Gasteiger partial charge >= 0.3 is 17.5 Å². The number of amides is 1. The minimum atomic E-state index is -0.707. The molecule has 1 heterocycles. The molecule has 12 heteroatoms.